The highest BCUT2D eigenvalue weighted by molar-refractivity contribution is 7.89. The highest BCUT2D eigenvalue weighted by Crippen LogP contribution is 2.21. The van der Waals surface area contributed by atoms with Gasteiger partial charge in [0.2, 0.25) is 10.0 Å². The SMILES string of the molecule is CCC(CC)(CO)NS(=O)(=O)c1cc(C)cc(N)c1. The second-order valence-corrected chi connectivity index (χ2v) is 6.51. The first-order valence-corrected chi connectivity index (χ1v) is 7.79. The molecule has 0 aliphatic carbocycles. The lowest BCUT2D eigenvalue weighted by Crippen LogP contribution is -2.50. The van der Waals surface area contributed by atoms with E-state index in [0.29, 0.717) is 18.5 Å². The molecule has 0 heterocycles. The fraction of sp³-hybridized carbons (Fsp3) is 0.538. The summed E-state index contributed by atoms with van der Waals surface area (Å²) in [7, 11) is -3.69. The molecule has 0 saturated heterocycles. The van der Waals surface area contributed by atoms with Crippen molar-refractivity contribution in [3.05, 3.63) is 23.8 Å². The zero-order chi connectivity index (χ0) is 14.7. The maximum atomic E-state index is 12.4. The minimum Gasteiger partial charge on any atom is -0.399 e. The molecular weight excluding hydrogens is 264 g/mol. The molecule has 0 aliphatic heterocycles. The molecule has 0 aliphatic rings. The van der Waals surface area contributed by atoms with Gasteiger partial charge in [-0.1, -0.05) is 13.8 Å². The van der Waals surface area contributed by atoms with Gasteiger partial charge in [-0.15, -0.1) is 0 Å². The predicted octanol–water partition coefficient (Wildman–Crippen LogP) is 1.41. The van der Waals surface area contributed by atoms with E-state index in [0.717, 1.165) is 5.56 Å². The molecule has 5 nitrogen and oxygen atoms in total. The average molecular weight is 286 g/mol. The van der Waals surface area contributed by atoms with E-state index in [4.69, 9.17) is 5.73 Å². The van der Waals surface area contributed by atoms with Gasteiger partial charge in [-0.25, -0.2) is 13.1 Å². The van der Waals surface area contributed by atoms with Gasteiger partial charge < -0.3 is 10.8 Å². The fourth-order valence-electron chi connectivity index (χ4n) is 1.93. The summed E-state index contributed by atoms with van der Waals surface area (Å²) in [6.45, 7) is 5.23. The summed E-state index contributed by atoms with van der Waals surface area (Å²) in [6.07, 6.45) is 1.03. The minimum atomic E-state index is -3.69. The van der Waals surface area contributed by atoms with Gasteiger partial charge in [0.05, 0.1) is 17.0 Å². The van der Waals surface area contributed by atoms with Crippen LogP contribution in [0.15, 0.2) is 23.1 Å². The number of nitrogens with one attached hydrogen (secondary N) is 1. The Kier molecular flexibility index (Phi) is 4.95. The quantitative estimate of drug-likeness (QED) is 0.689. The van der Waals surface area contributed by atoms with E-state index >= 15 is 0 Å². The van der Waals surface area contributed by atoms with Crippen LogP contribution in [0, 0.1) is 6.92 Å². The maximum absolute atomic E-state index is 12.4. The van der Waals surface area contributed by atoms with Crippen molar-refractivity contribution in [1.82, 2.24) is 4.72 Å². The number of sulfonamides is 1. The number of anilines is 1. The summed E-state index contributed by atoms with van der Waals surface area (Å²) in [6, 6.07) is 4.69. The number of aliphatic hydroxyl groups is 1. The molecule has 0 spiro atoms. The Morgan fingerprint density at radius 1 is 1.26 bits per heavy atom. The number of nitrogen functional groups attached to an aromatic ring is 1. The van der Waals surface area contributed by atoms with Crippen LogP contribution >= 0.6 is 0 Å². The van der Waals surface area contributed by atoms with Crippen molar-refractivity contribution in [3.63, 3.8) is 0 Å². The number of aryl methyl sites for hydroxylation is 1. The molecule has 1 aromatic carbocycles. The molecule has 19 heavy (non-hydrogen) atoms. The number of hydrogen-bond donors (Lipinski definition) is 3. The smallest absolute Gasteiger partial charge is 0.241 e. The van der Waals surface area contributed by atoms with Gasteiger partial charge >= 0.3 is 0 Å². The van der Waals surface area contributed by atoms with Crippen molar-refractivity contribution in [2.24, 2.45) is 0 Å². The van der Waals surface area contributed by atoms with E-state index < -0.39 is 15.6 Å². The molecule has 108 valence electrons. The summed E-state index contributed by atoms with van der Waals surface area (Å²) < 4.78 is 27.3. The fourth-order valence-corrected chi connectivity index (χ4v) is 3.60. The molecular formula is C13H22N2O3S. The van der Waals surface area contributed by atoms with Gasteiger partial charge in [0.15, 0.2) is 0 Å². The van der Waals surface area contributed by atoms with Crippen LogP contribution in [0.1, 0.15) is 32.3 Å². The third-order valence-corrected chi connectivity index (χ3v) is 4.95. The maximum Gasteiger partial charge on any atom is 0.241 e. The van der Waals surface area contributed by atoms with Crippen molar-refractivity contribution in [3.8, 4) is 0 Å². The third kappa shape index (κ3) is 3.68. The first kappa shape index (κ1) is 15.9. The Morgan fingerprint density at radius 3 is 2.26 bits per heavy atom. The number of aliphatic hydroxyl groups excluding tert-OH is 1. The summed E-state index contributed by atoms with van der Waals surface area (Å²) in [5.74, 6) is 0. The van der Waals surface area contributed by atoms with E-state index in [-0.39, 0.29) is 11.5 Å². The van der Waals surface area contributed by atoms with Crippen molar-refractivity contribution in [2.45, 2.75) is 44.0 Å². The van der Waals surface area contributed by atoms with E-state index in [1.165, 1.54) is 6.07 Å². The molecule has 4 N–H and O–H groups in total. The van der Waals surface area contributed by atoms with E-state index in [1.807, 2.05) is 13.8 Å². The second kappa shape index (κ2) is 5.90. The second-order valence-electron chi connectivity index (χ2n) is 4.83. The predicted molar refractivity (Wildman–Crippen MR) is 76.3 cm³/mol. The number of rotatable bonds is 6. The Bertz CT molecular complexity index is 508. The first-order chi connectivity index (χ1) is 8.78. The van der Waals surface area contributed by atoms with Gasteiger partial charge in [0.25, 0.3) is 0 Å². The zero-order valence-corrected chi connectivity index (χ0v) is 12.4. The van der Waals surface area contributed by atoms with Gasteiger partial charge in [0, 0.05) is 5.69 Å². The topological polar surface area (TPSA) is 92.4 Å². The number of nitrogens with two attached hydrogens (primary N) is 1. The van der Waals surface area contributed by atoms with Crippen molar-refractivity contribution in [2.75, 3.05) is 12.3 Å². The van der Waals surface area contributed by atoms with Crippen LogP contribution in [0.3, 0.4) is 0 Å². The summed E-state index contributed by atoms with van der Waals surface area (Å²) in [4.78, 5) is 0.129. The number of hydrogen-bond acceptors (Lipinski definition) is 4. The van der Waals surface area contributed by atoms with E-state index in [2.05, 4.69) is 4.72 Å². The van der Waals surface area contributed by atoms with Crippen LogP contribution < -0.4 is 10.5 Å². The Labute approximate surface area is 114 Å². The normalized spacial score (nSPS) is 12.6. The van der Waals surface area contributed by atoms with Crippen molar-refractivity contribution in [1.29, 1.82) is 0 Å². The lowest BCUT2D eigenvalue weighted by atomic mass is 9.96. The monoisotopic (exact) mass is 286 g/mol. The average Bonchev–Trinajstić information content (AvgIpc) is 2.35. The van der Waals surface area contributed by atoms with Crippen LogP contribution in [-0.4, -0.2) is 25.7 Å². The summed E-state index contributed by atoms with van der Waals surface area (Å²) in [5.41, 5.74) is 6.04. The molecule has 0 saturated carbocycles. The molecule has 0 aromatic heterocycles. The molecule has 0 unspecified atom stereocenters. The van der Waals surface area contributed by atoms with E-state index in [1.54, 1.807) is 19.1 Å². The van der Waals surface area contributed by atoms with Gasteiger partial charge in [0.1, 0.15) is 0 Å². The molecule has 6 heteroatoms. The molecule has 0 fully saturated rings. The molecule has 1 rings (SSSR count). The molecule has 0 amide bonds. The largest absolute Gasteiger partial charge is 0.399 e. The van der Waals surface area contributed by atoms with Crippen molar-refractivity contribution < 1.29 is 13.5 Å². The highest BCUT2D eigenvalue weighted by atomic mass is 32.2. The highest BCUT2D eigenvalue weighted by Gasteiger charge is 2.31. The van der Waals surface area contributed by atoms with E-state index in [9.17, 15) is 13.5 Å². The zero-order valence-electron chi connectivity index (χ0n) is 11.6. The van der Waals surface area contributed by atoms with Crippen LogP contribution in [0.5, 0.6) is 0 Å². The minimum absolute atomic E-state index is 0.129. The van der Waals surface area contributed by atoms with Crippen LogP contribution in [-0.2, 0) is 10.0 Å². The summed E-state index contributed by atoms with van der Waals surface area (Å²) in [5, 5.41) is 9.44. The molecule has 0 atom stereocenters. The first-order valence-electron chi connectivity index (χ1n) is 6.30. The lowest BCUT2D eigenvalue weighted by Gasteiger charge is -2.30. The number of benzene rings is 1. The lowest BCUT2D eigenvalue weighted by molar-refractivity contribution is 0.172. The van der Waals surface area contributed by atoms with Crippen LogP contribution in [0.4, 0.5) is 5.69 Å². The molecule has 0 radical (unpaired) electrons. The third-order valence-electron chi connectivity index (χ3n) is 3.39. The Balaban J connectivity index is 3.17. The summed E-state index contributed by atoms with van der Waals surface area (Å²) >= 11 is 0. The van der Waals surface area contributed by atoms with Gasteiger partial charge in [-0.3, -0.25) is 0 Å². The molecule has 0 bridgehead atoms. The Hall–Kier alpha value is -1.11. The van der Waals surface area contributed by atoms with Gasteiger partial charge in [-0.05, 0) is 43.5 Å². The Morgan fingerprint density at radius 2 is 1.84 bits per heavy atom. The van der Waals surface area contributed by atoms with Crippen LogP contribution in [0.2, 0.25) is 0 Å². The van der Waals surface area contributed by atoms with Gasteiger partial charge in [-0.2, -0.15) is 0 Å². The van der Waals surface area contributed by atoms with Crippen LogP contribution in [0.25, 0.3) is 0 Å². The molecule has 1 aromatic rings. The van der Waals surface area contributed by atoms with Crippen molar-refractivity contribution >= 4 is 15.7 Å². The standard InChI is InChI=1S/C13H22N2O3S/c1-4-13(5-2,9-16)15-19(17,18)12-7-10(3)6-11(14)8-12/h6-8,15-16H,4-5,9,14H2,1-3H3.